The van der Waals surface area contributed by atoms with E-state index >= 15 is 0 Å². The van der Waals surface area contributed by atoms with Crippen LogP contribution in [0, 0.1) is 0 Å². The summed E-state index contributed by atoms with van der Waals surface area (Å²) in [5.41, 5.74) is 0. The van der Waals surface area contributed by atoms with Crippen LogP contribution in [-0.4, -0.2) is 5.97 Å². The van der Waals surface area contributed by atoms with Gasteiger partial charge >= 0.3 is 5.97 Å². The van der Waals surface area contributed by atoms with Gasteiger partial charge in [-0.25, -0.2) is 0 Å². The van der Waals surface area contributed by atoms with Gasteiger partial charge in [-0.3, -0.25) is 4.79 Å². The zero-order valence-electron chi connectivity index (χ0n) is 7.72. The zero-order chi connectivity index (χ0) is 10.6. The summed E-state index contributed by atoms with van der Waals surface area (Å²) in [4.78, 5) is 11.2. The van der Waals surface area contributed by atoms with Crippen LogP contribution in [0.4, 0.5) is 0 Å². The number of carbonyl (C=O) groups is 1. The van der Waals surface area contributed by atoms with Gasteiger partial charge in [-0.15, -0.1) is 0 Å². The number of hydrogen-bond acceptors (Lipinski definition) is 2. The summed E-state index contributed by atoms with van der Waals surface area (Å²) in [5.74, 6) is 0.0225. The Balaban J connectivity index is 2.76. The third-order valence-corrected chi connectivity index (χ3v) is 2.40. The van der Waals surface area contributed by atoms with E-state index in [1.54, 1.807) is 18.2 Å². The first kappa shape index (κ1) is 11.3. The van der Waals surface area contributed by atoms with Gasteiger partial charge in [-0.05, 0) is 18.6 Å². The van der Waals surface area contributed by atoms with E-state index in [4.69, 9.17) is 27.9 Å². The first-order valence-electron chi connectivity index (χ1n) is 4.30. The SMILES string of the molecule is CCCC(=O)Oc1cccc(Cl)c1Cl. The molecule has 76 valence electrons. The minimum atomic E-state index is -0.295. The maximum atomic E-state index is 11.2. The first-order valence-corrected chi connectivity index (χ1v) is 5.05. The number of rotatable bonds is 3. The van der Waals surface area contributed by atoms with Crippen LogP contribution < -0.4 is 4.74 Å². The second kappa shape index (κ2) is 5.23. The molecule has 1 aromatic rings. The molecule has 1 rings (SSSR count). The van der Waals surface area contributed by atoms with Crippen molar-refractivity contribution in [3.8, 4) is 5.75 Å². The molecule has 0 saturated heterocycles. The number of ether oxygens (including phenoxy) is 1. The average molecular weight is 233 g/mol. The van der Waals surface area contributed by atoms with E-state index in [-0.39, 0.29) is 11.0 Å². The monoisotopic (exact) mass is 232 g/mol. The van der Waals surface area contributed by atoms with Gasteiger partial charge in [0.2, 0.25) is 0 Å². The Morgan fingerprint density at radius 2 is 2.14 bits per heavy atom. The van der Waals surface area contributed by atoms with Gasteiger partial charge in [0.15, 0.2) is 5.75 Å². The van der Waals surface area contributed by atoms with Crippen molar-refractivity contribution in [3.05, 3.63) is 28.2 Å². The predicted octanol–water partition coefficient (Wildman–Crippen LogP) is 3.70. The van der Waals surface area contributed by atoms with Crippen molar-refractivity contribution in [1.29, 1.82) is 0 Å². The van der Waals surface area contributed by atoms with Crippen LogP contribution in [0.1, 0.15) is 19.8 Å². The number of esters is 1. The normalized spacial score (nSPS) is 9.93. The highest BCUT2D eigenvalue weighted by Crippen LogP contribution is 2.31. The maximum Gasteiger partial charge on any atom is 0.311 e. The van der Waals surface area contributed by atoms with E-state index in [1.807, 2.05) is 6.92 Å². The first-order chi connectivity index (χ1) is 6.65. The standard InChI is InChI=1S/C10H10Cl2O2/c1-2-4-9(13)14-8-6-3-5-7(11)10(8)12/h3,5-6H,2,4H2,1H3. The lowest BCUT2D eigenvalue weighted by Crippen LogP contribution is -2.07. The number of halogens is 2. The van der Waals surface area contributed by atoms with Crippen LogP contribution >= 0.6 is 23.2 Å². The molecule has 0 aliphatic heterocycles. The highest BCUT2D eigenvalue weighted by molar-refractivity contribution is 6.43. The van der Waals surface area contributed by atoms with Crippen molar-refractivity contribution < 1.29 is 9.53 Å². The fourth-order valence-electron chi connectivity index (χ4n) is 0.941. The molecule has 0 bridgehead atoms. The lowest BCUT2D eigenvalue weighted by atomic mass is 10.3. The van der Waals surface area contributed by atoms with E-state index in [9.17, 15) is 4.79 Å². The number of carbonyl (C=O) groups excluding carboxylic acids is 1. The smallest absolute Gasteiger partial charge is 0.311 e. The fourth-order valence-corrected chi connectivity index (χ4v) is 1.27. The lowest BCUT2D eigenvalue weighted by Gasteiger charge is -2.05. The van der Waals surface area contributed by atoms with Gasteiger partial charge in [0.25, 0.3) is 0 Å². The van der Waals surface area contributed by atoms with Crippen molar-refractivity contribution in [3.63, 3.8) is 0 Å². The van der Waals surface area contributed by atoms with Crippen molar-refractivity contribution in [2.75, 3.05) is 0 Å². The molecular formula is C10H10Cl2O2. The number of benzene rings is 1. The lowest BCUT2D eigenvalue weighted by molar-refractivity contribution is -0.134. The molecule has 0 aromatic heterocycles. The molecular weight excluding hydrogens is 223 g/mol. The van der Waals surface area contributed by atoms with E-state index < -0.39 is 0 Å². The maximum absolute atomic E-state index is 11.2. The molecule has 4 heteroatoms. The van der Waals surface area contributed by atoms with E-state index in [0.29, 0.717) is 17.2 Å². The fraction of sp³-hybridized carbons (Fsp3) is 0.300. The van der Waals surface area contributed by atoms with E-state index in [0.717, 1.165) is 6.42 Å². The van der Waals surface area contributed by atoms with Crippen molar-refractivity contribution in [2.24, 2.45) is 0 Å². The molecule has 0 saturated carbocycles. The third-order valence-electron chi connectivity index (χ3n) is 1.59. The van der Waals surface area contributed by atoms with Crippen molar-refractivity contribution >= 4 is 29.2 Å². The van der Waals surface area contributed by atoms with Crippen LogP contribution in [0.2, 0.25) is 10.0 Å². The molecule has 0 fully saturated rings. The largest absolute Gasteiger partial charge is 0.425 e. The summed E-state index contributed by atoms with van der Waals surface area (Å²) in [7, 11) is 0. The van der Waals surface area contributed by atoms with E-state index in [1.165, 1.54) is 0 Å². The molecule has 0 aliphatic rings. The Morgan fingerprint density at radius 1 is 1.43 bits per heavy atom. The minimum Gasteiger partial charge on any atom is -0.425 e. The van der Waals surface area contributed by atoms with Crippen LogP contribution in [0.5, 0.6) is 5.75 Å². The Kier molecular flexibility index (Phi) is 4.23. The van der Waals surface area contributed by atoms with Crippen LogP contribution in [-0.2, 0) is 4.79 Å². The highest BCUT2D eigenvalue weighted by Gasteiger charge is 2.09. The molecule has 0 atom stereocenters. The predicted molar refractivity (Wildman–Crippen MR) is 57.0 cm³/mol. The summed E-state index contributed by atoms with van der Waals surface area (Å²) in [6.45, 7) is 1.90. The molecule has 14 heavy (non-hydrogen) atoms. The van der Waals surface area contributed by atoms with Gasteiger partial charge in [0.1, 0.15) is 5.02 Å². The molecule has 0 heterocycles. The van der Waals surface area contributed by atoms with Crippen LogP contribution in [0.15, 0.2) is 18.2 Å². The average Bonchev–Trinajstić information content (AvgIpc) is 2.13. The molecule has 0 spiro atoms. The molecule has 2 nitrogen and oxygen atoms in total. The molecule has 0 aliphatic carbocycles. The van der Waals surface area contributed by atoms with Gasteiger partial charge in [0, 0.05) is 6.42 Å². The van der Waals surface area contributed by atoms with Crippen LogP contribution in [0.3, 0.4) is 0 Å². The Labute approximate surface area is 92.8 Å². The van der Waals surface area contributed by atoms with Gasteiger partial charge < -0.3 is 4.74 Å². The van der Waals surface area contributed by atoms with Crippen molar-refractivity contribution in [2.45, 2.75) is 19.8 Å². The summed E-state index contributed by atoms with van der Waals surface area (Å²) in [6, 6.07) is 4.94. The molecule has 0 N–H and O–H groups in total. The molecule has 0 radical (unpaired) electrons. The van der Waals surface area contributed by atoms with E-state index in [2.05, 4.69) is 0 Å². The second-order valence-corrected chi connectivity index (χ2v) is 3.56. The third kappa shape index (κ3) is 2.89. The van der Waals surface area contributed by atoms with Gasteiger partial charge in [-0.1, -0.05) is 36.2 Å². The van der Waals surface area contributed by atoms with Gasteiger partial charge in [0.05, 0.1) is 5.02 Å². The molecule has 1 aromatic carbocycles. The highest BCUT2D eigenvalue weighted by atomic mass is 35.5. The Hall–Kier alpha value is -0.730. The molecule has 0 amide bonds. The summed E-state index contributed by atoms with van der Waals surface area (Å²) < 4.78 is 5.01. The summed E-state index contributed by atoms with van der Waals surface area (Å²) in [6.07, 6.45) is 1.12. The van der Waals surface area contributed by atoms with Crippen LogP contribution in [0.25, 0.3) is 0 Å². The quantitative estimate of drug-likeness (QED) is 0.587. The number of hydrogen-bond donors (Lipinski definition) is 0. The topological polar surface area (TPSA) is 26.3 Å². The van der Waals surface area contributed by atoms with Gasteiger partial charge in [-0.2, -0.15) is 0 Å². The second-order valence-electron chi connectivity index (χ2n) is 2.78. The Bertz CT molecular complexity index is 337. The Morgan fingerprint density at radius 3 is 2.79 bits per heavy atom. The summed E-state index contributed by atoms with van der Waals surface area (Å²) in [5, 5.41) is 0.659. The molecule has 0 unspecified atom stereocenters. The minimum absolute atomic E-state index is 0.276. The van der Waals surface area contributed by atoms with Crippen molar-refractivity contribution in [1.82, 2.24) is 0 Å². The zero-order valence-corrected chi connectivity index (χ0v) is 9.23. The summed E-state index contributed by atoms with van der Waals surface area (Å²) >= 11 is 11.6.